The molecule has 0 fully saturated rings. The molecule has 1 atom stereocenters. The second-order valence-electron chi connectivity index (χ2n) is 4.28. The third-order valence-electron chi connectivity index (χ3n) is 3.13. The van der Waals surface area contributed by atoms with E-state index in [0.29, 0.717) is 16.9 Å². The highest BCUT2D eigenvalue weighted by Crippen LogP contribution is 2.32. The number of rotatable bonds is 1. The number of benzene rings is 2. The van der Waals surface area contributed by atoms with Crippen LogP contribution < -0.4 is 4.74 Å². The Kier molecular flexibility index (Phi) is 2.59. The van der Waals surface area contributed by atoms with E-state index >= 15 is 0 Å². The molecule has 0 N–H and O–H groups in total. The van der Waals surface area contributed by atoms with Gasteiger partial charge in [0.1, 0.15) is 18.2 Å². The lowest BCUT2D eigenvalue weighted by Gasteiger charge is -2.24. The number of carbonyl (C=O) groups is 1. The first kappa shape index (κ1) is 11.0. The summed E-state index contributed by atoms with van der Waals surface area (Å²) in [4.78, 5) is 12.3. The average molecular weight is 242 g/mol. The molecule has 0 saturated heterocycles. The number of Topliss-reactive ketones (excluding diaryl/α,β-unsaturated/α-hetero) is 1. The molecule has 0 radical (unpaired) electrons. The summed E-state index contributed by atoms with van der Waals surface area (Å²) in [5, 5.41) is 0. The number of halogens is 1. The molecule has 0 saturated carbocycles. The van der Waals surface area contributed by atoms with Crippen LogP contribution in [-0.4, -0.2) is 12.4 Å². The molecule has 1 aliphatic heterocycles. The molecule has 1 heterocycles. The van der Waals surface area contributed by atoms with Crippen molar-refractivity contribution in [2.24, 2.45) is 0 Å². The van der Waals surface area contributed by atoms with E-state index < -0.39 is 5.92 Å². The van der Waals surface area contributed by atoms with Crippen molar-refractivity contribution in [3.8, 4) is 5.75 Å². The van der Waals surface area contributed by atoms with E-state index in [1.165, 1.54) is 12.1 Å². The van der Waals surface area contributed by atoms with Crippen molar-refractivity contribution >= 4 is 5.78 Å². The summed E-state index contributed by atoms with van der Waals surface area (Å²) in [6.07, 6.45) is 0. The molecule has 0 aromatic heterocycles. The highest BCUT2D eigenvalue weighted by molar-refractivity contribution is 6.04. The zero-order chi connectivity index (χ0) is 12.5. The fourth-order valence-electron chi connectivity index (χ4n) is 2.20. The minimum atomic E-state index is -0.421. The maximum atomic E-state index is 13.2. The minimum absolute atomic E-state index is 0.0116. The zero-order valence-electron chi connectivity index (χ0n) is 9.60. The maximum absolute atomic E-state index is 13.2. The summed E-state index contributed by atoms with van der Waals surface area (Å²) in [5.74, 6) is -0.160. The molecule has 2 nitrogen and oxygen atoms in total. The van der Waals surface area contributed by atoms with Crippen LogP contribution in [0.5, 0.6) is 5.75 Å². The van der Waals surface area contributed by atoms with Gasteiger partial charge in [-0.15, -0.1) is 0 Å². The first-order valence-electron chi connectivity index (χ1n) is 5.77. The second-order valence-corrected chi connectivity index (χ2v) is 4.28. The lowest BCUT2D eigenvalue weighted by molar-refractivity contribution is 0.0896. The molecule has 0 amide bonds. The summed E-state index contributed by atoms with van der Waals surface area (Å²) in [7, 11) is 0. The third kappa shape index (κ3) is 1.78. The van der Waals surface area contributed by atoms with Gasteiger partial charge in [-0.25, -0.2) is 4.39 Å². The normalized spacial score (nSPS) is 18.1. The molecule has 0 aliphatic carbocycles. The first-order chi connectivity index (χ1) is 8.75. The Morgan fingerprint density at radius 2 is 1.94 bits per heavy atom. The fourth-order valence-corrected chi connectivity index (χ4v) is 2.20. The highest BCUT2D eigenvalue weighted by Gasteiger charge is 2.29. The molecule has 2 aromatic carbocycles. The standard InChI is InChI=1S/C15H11FO2/c16-11-5-3-4-10(8-11)13-9-18-14-7-2-1-6-12(14)15(13)17/h1-8,13H,9H2/t13-/m0/s1. The molecule has 0 bridgehead atoms. The van der Waals surface area contributed by atoms with Gasteiger partial charge >= 0.3 is 0 Å². The number of para-hydroxylation sites is 1. The molecule has 90 valence electrons. The van der Waals surface area contributed by atoms with Crippen LogP contribution in [0.3, 0.4) is 0 Å². The lowest BCUT2D eigenvalue weighted by Crippen LogP contribution is -2.26. The second kappa shape index (κ2) is 4.26. The number of carbonyl (C=O) groups excluding carboxylic acids is 1. The van der Waals surface area contributed by atoms with Gasteiger partial charge in [0, 0.05) is 0 Å². The predicted molar refractivity (Wildman–Crippen MR) is 65.4 cm³/mol. The van der Waals surface area contributed by atoms with Crippen molar-refractivity contribution in [2.45, 2.75) is 5.92 Å². The number of hydrogen-bond donors (Lipinski definition) is 0. The van der Waals surface area contributed by atoms with Crippen LogP contribution in [0.4, 0.5) is 4.39 Å². The van der Waals surface area contributed by atoms with E-state index in [1.807, 2.05) is 6.07 Å². The van der Waals surface area contributed by atoms with Crippen molar-refractivity contribution in [3.63, 3.8) is 0 Å². The van der Waals surface area contributed by atoms with Gasteiger partial charge in [-0.05, 0) is 29.8 Å². The van der Waals surface area contributed by atoms with Crippen molar-refractivity contribution < 1.29 is 13.9 Å². The van der Waals surface area contributed by atoms with E-state index in [4.69, 9.17) is 4.74 Å². The zero-order valence-corrected chi connectivity index (χ0v) is 9.60. The van der Waals surface area contributed by atoms with Gasteiger partial charge in [-0.3, -0.25) is 4.79 Å². The number of ketones is 1. The number of ether oxygens (including phenoxy) is 1. The van der Waals surface area contributed by atoms with Gasteiger partial charge in [0.25, 0.3) is 0 Å². The van der Waals surface area contributed by atoms with Gasteiger partial charge in [0.15, 0.2) is 5.78 Å². The van der Waals surface area contributed by atoms with Gasteiger partial charge in [0.05, 0.1) is 11.5 Å². The summed E-state index contributed by atoms with van der Waals surface area (Å²) >= 11 is 0. The van der Waals surface area contributed by atoms with Crippen LogP contribution in [0.2, 0.25) is 0 Å². The Labute approximate surface area is 104 Å². The van der Waals surface area contributed by atoms with Crippen molar-refractivity contribution in [2.75, 3.05) is 6.61 Å². The Morgan fingerprint density at radius 1 is 1.11 bits per heavy atom. The smallest absolute Gasteiger partial charge is 0.177 e. The van der Waals surface area contributed by atoms with Crippen LogP contribution in [0.15, 0.2) is 48.5 Å². The quantitative estimate of drug-likeness (QED) is 0.767. The van der Waals surface area contributed by atoms with Crippen LogP contribution >= 0.6 is 0 Å². The molecular weight excluding hydrogens is 231 g/mol. The van der Waals surface area contributed by atoms with Gasteiger partial charge in [-0.1, -0.05) is 24.3 Å². The van der Waals surface area contributed by atoms with Crippen LogP contribution in [0.1, 0.15) is 21.8 Å². The van der Waals surface area contributed by atoms with E-state index in [2.05, 4.69) is 0 Å². The summed E-state index contributed by atoms with van der Waals surface area (Å²) < 4.78 is 18.8. The van der Waals surface area contributed by atoms with E-state index in [0.717, 1.165) is 0 Å². The van der Waals surface area contributed by atoms with Gasteiger partial charge in [0.2, 0.25) is 0 Å². The lowest BCUT2D eigenvalue weighted by atomic mass is 9.89. The predicted octanol–water partition coefficient (Wildman–Crippen LogP) is 3.18. The molecule has 3 rings (SSSR count). The van der Waals surface area contributed by atoms with Crippen LogP contribution in [-0.2, 0) is 0 Å². The highest BCUT2D eigenvalue weighted by atomic mass is 19.1. The SMILES string of the molecule is O=C1c2ccccc2OC[C@H]1c1cccc(F)c1. The molecule has 0 spiro atoms. The topological polar surface area (TPSA) is 26.3 Å². The molecule has 0 unspecified atom stereocenters. The van der Waals surface area contributed by atoms with Crippen LogP contribution in [0, 0.1) is 5.82 Å². The molecule has 2 aromatic rings. The number of hydrogen-bond acceptors (Lipinski definition) is 2. The summed E-state index contributed by atoms with van der Waals surface area (Å²) in [5.41, 5.74) is 1.23. The van der Waals surface area contributed by atoms with Gasteiger partial charge in [-0.2, -0.15) is 0 Å². The van der Waals surface area contributed by atoms with Gasteiger partial charge < -0.3 is 4.74 Å². The Bertz CT molecular complexity index is 607. The average Bonchev–Trinajstić information content (AvgIpc) is 2.39. The molecule has 18 heavy (non-hydrogen) atoms. The van der Waals surface area contributed by atoms with E-state index in [1.54, 1.807) is 30.3 Å². The number of fused-ring (bicyclic) bond motifs is 1. The third-order valence-corrected chi connectivity index (χ3v) is 3.13. The maximum Gasteiger partial charge on any atom is 0.177 e. The molecular formula is C15H11FO2. The Morgan fingerprint density at radius 3 is 2.78 bits per heavy atom. The van der Waals surface area contributed by atoms with E-state index in [-0.39, 0.29) is 18.2 Å². The monoisotopic (exact) mass is 242 g/mol. The largest absolute Gasteiger partial charge is 0.492 e. The minimum Gasteiger partial charge on any atom is -0.492 e. The Balaban J connectivity index is 2.00. The molecule has 1 aliphatic rings. The summed E-state index contributed by atoms with van der Waals surface area (Å²) in [6.45, 7) is 0.263. The fraction of sp³-hybridized carbons (Fsp3) is 0.133. The summed E-state index contributed by atoms with van der Waals surface area (Å²) in [6, 6.07) is 13.3. The molecule has 3 heteroatoms. The van der Waals surface area contributed by atoms with Crippen molar-refractivity contribution in [3.05, 3.63) is 65.5 Å². The Hall–Kier alpha value is -2.16. The van der Waals surface area contributed by atoms with Crippen LogP contribution in [0.25, 0.3) is 0 Å². The van der Waals surface area contributed by atoms with E-state index in [9.17, 15) is 9.18 Å². The van der Waals surface area contributed by atoms with Crippen molar-refractivity contribution in [1.29, 1.82) is 0 Å². The first-order valence-corrected chi connectivity index (χ1v) is 5.77. The van der Waals surface area contributed by atoms with Crippen molar-refractivity contribution in [1.82, 2.24) is 0 Å².